The van der Waals surface area contributed by atoms with E-state index in [1.54, 1.807) is 12.1 Å². The van der Waals surface area contributed by atoms with Crippen LogP contribution in [0.2, 0.25) is 0 Å². The maximum atomic E-state index is 10.9. The molecule has 4 aromatic rings. The van der Waals surface area contributed by atoms with Crippen molar-refractivity contribution >= 4 is 6.29 Å². The fourth-order valence-electron chi connectivity index (χ4n) is 4.07. The van der Waals surface area contributed by atoms with Gasteiger partial charge in [0, 0.05) is 11.0 Å². The van der Waals surface area contributed by atoms with Gasteiger partial charge in [0.2, 0.25) is 0 Å². The molecule has 0 aliphatic heterocycles. The van der Waals surface area contributed by atoms with Gasteiger partial charge in [-0.1, -0.05) is 91.0 Å². The molecule has 4 aromatic carbocycles. The Balaban J connectivity index is 1.73. The zero-order valence-corrected chi connectivity index (χ0v) is 16.8. The molecule has 0 fully saturated rings. The lowest BCUT2D eigenvalue weighted by atomic mass is 9.67. The molecule has 0 amide bonds. The maximum absolute atomic E-state index is 10.9. The molecule has 0 bridgehead atoms. The Bertz CT molecular complexity index is 959. The van der Waals surface area contributed by atoms with Gasteiger partial charge in [0.25, 0.3) is 0 Å². The van der Waals surface area contributed by atoms with Crippen LogP contribution >= 0.6 is 0 Å². The van der Waals surface area contributed by atoms with Gasteiger partial charge in [0.15, 0.2) is 0 Å². The molecule has 0 spiro atoms. The first-order chi connectivity index (χ1) is 14.8. The predicted octanol–water partition coefficient (Wildman–Crippen LogP) is 6.30. The highest BCUT2D eigenvalue weighted by atomic mass is 16.5. The van der Waals surface area contributed by atoms with Crippen LogP contribution < -0.4 is 4.74 Å². The SMILES string of the molecule is O=Cc1ccc(OCCC(c2ccccc2)(c2ccccc2)c2ccccc2)cc1. The second kappa shape index (κ2) is 9.23. The quantitative estimate of drug-likeness (QED) is 0.260. The minimum atomic E-state index is -0.327. The first-order valence-electron chi connectivity index (χ1n) is 10.2. The van der Waals surface area contributed by atoms with Crippen LogP contribution in [0.1, 0.15) is 33.5 Å². The van der Waals surface area contributed by atoms with Crippen molar-refractivity contribution in [2.24, 2.45) is 0 Å². The number of carbonyl (C=O) groups is 1. The summed E-state index contributed by atoms with van der Waals surface area (Å²) < 4.78 is 6.11. The van der Waals surface area contributed by atoms with Crippen molar-refractivity contribution in [3.63, 3.8) is 0 Å². The van der Waals surface area contributed by atoms with Gasteiger partial charge in [-0.25, -0.2) is 0 Å². The molecule has 0 atom stereocenters. The van der Waals surface area contributed by atoms with Crippen LogP contribution in [0.25, 0.3) is 0 Å². The fraction of sp³-hybridized carbons (Fsp3) is 0.107. The topological polar surface area (TPSA) is 26.3 Å². The van der Waals surface area contributed by atoms with Crippen LogP contribution in [0.4, 0.5) is 0 Å². The normalized spacial score (nSPS) is 11.1. The molecule has 4 rings (SSSR count). The molecule has 2 heteroatoms. The third-order valence-corrected chi connectivity index (χ3v) is 5.56. The van der Waals surface area contributed by atoms with Crippen LogP contribution in [-0.4, -0.2) is 12.9 Å². The minimum Gasteiger partial charge on any atom is -0.494 e. The summed E-state index contributed by atoms with van der Waals surface area (Å²) in [6.07, 6.45) is 1.62. The first kappa shape index (κ1) is 19.7. The lowest BCUT2D eigenvalue weighted by Gasteiger charge is -2.36. The van der Waals surface area contributed by atoms with Gasteiger partial charge >= 0.3 is 0 Å². The number of aldehydes is 1. The number of hydrogen-bond acceptors (Lipinski definition) is 2. The Kier molecular flexibility index (Phi) is 6.05. The van der Waals surface area contributed by atoms with Crippen molar-refractivity contribution in [3.8, 4) is 5.75 Å². The van der Waals surface area contributed by atoms with Crippen LogP contribution in [0.5, 0.6) is 5.75 Å². The van der Waals surface area contributed by atoms with Gasteiger partial charge < -0.3 is 4.74 Å². The van der Waals surface area contributed by atoms with E-state index < -0.39 is 0 Å². The second-order valence-corrected chi connectivity index (χ2v) is 7.29. The number of carbonyl (C=O) groups excluding carboxylic acids is 1. The molecule has 148 valence electrons. The summed E-state index contributed by atoms with van der Waals surface area (Å²) in [5, 5.41) is 0. The molecule has 30 heavy (non-hydrogen) atoms. The Labute approximate surface area is 177 Å². The standard InChI is InChI=1S/C28H24O2/c29-22-23-16-18-27(19-17-23)30-21-20-28(24-10-4-1-5-11-24,25-12-6-2-7-13-25)26-14-8-3-9-15-26/h1-19,22H,20-21H2. The fourth-order valence-corrected chi connectivity index (χ4v) is 4.07. The van der Waals surface area contributed by atoms with E-state index >= 15 is 0 Å². The second-order valence-electron chi connectivity index (χ2n) is 7.29. The summed E-state index contributed by atoms with van der Waals surface area (Å²) >= 11 is 0. The Morgan fingerprint density at radius 2 is 1.03 bits per heavy atom. The number of benzene rings is 4. The van der Waals surface area contributed by atoms with E-state index in [0.29, 0.717) is 12.2 Å². The van der Waals surface area contributed by atoms with Crippen molar-refractivity contribution in [1.29, 1.82) is 0 Å². The summed E-state index contributed by atoms with van der Waals surface area (Å²) in [5.74, 6) is 0.767. The van der Waals surface area contributed by atoms with Crippen LogP contribution in [0.3, 0.4) is 0 Å². The van der Waals surface area contributed by atoms with E-state index in [2.05, 4.69) is 91.0 Å². The Morgan fingerprint density at radius 3 is 1.43 bits per heavy atom. The van der Waals surface area contributed by atoms with E-state index in [1.165, 1.54) is 16.7 Å². The molecule has 0 saturated carbocycles. The molecule has 0 unspecified atom stereocenters. The van der Waals surface area contributed by atoms with Crippen LogP contribution in [0, 0.1) is 0 Å². The summed E-state index contributed by atoms with van der Waals surface area (Å²) in [6.45, 7) is 0.541. The number of rotatable bonds is 8. The van der Waals surface area contributed by atoms with Crippen molar-refractivity contribution in [2.45, 2.75) is 11.8 Å². The average molecular weight is 392 g/mol. The van der Waals surface area contributed by atoms with E-state index in [0.717, 1.165) is 18.5 Å². The van der Waals surface area contributed by atoms with E-state index in [4.69, 9.17) is 4.74 Å². The molecule has 0 saturated heterocycles. The summed E-state index contributed by atoms with van der Waals surface area (Å²) in [4.78, 5) is 10.9. The molecule has 0 aliphatic carbocycles. The van der Waals surface area contributed by atoms with Crippen LogP contribution in [0.15, 0.2) is 115 Å². The van der Waals surface area contributed by atoms with Crippen molar-refractivity contribution in [3.05, 3.63) is 138 Å². The summed E-state index contributed by atoms with van der Waals surface area (Å²) in [6, 6.07) is 39.1. The molecule has 0 aliphatic rings. The predicted molar refractivity (Wildman–Crippen MR) is 121 cm³/mol. The van der Waals surface area contributed by atoms with Crippen molar-refractivity contribution in [1.82, 2.24) is 0 Å². The van der Waals surface area contributed by atoms with Gasteiger partial charge in [0.05, 0.1) is 6.61 Å². The number of hydrogen-bond donors (Lipinski definition) is 0. The van der Waals surface area contributed by atoms with Crippen LogP contribution in [-0.2, 0) is 5.41 Å². The van der Waals surface area contributed by atoms with Gasteiger partial charge in [-0.15, -0.1) is 0 Å². The minimum absolute atomic E-state index is 0.327. The average Bonchev–Trinajstić information content (AvgIpc) is 2.84. The third-order valence-electron chi connectivity index (χ3n) is 5.56. The highest BCUT2D eigenvalue weighted by molar-refractivity contribution is 5.74. The largest absolute Gasteiger partial charge is 0.494 e. The van der Waals surface area contributed by atoms with E-state index in [1.807, 2.05) is 12.1 Å². The monoisotopic (exact) mass is 392 g/mol. The molecule has 0 aromatic heterocycles. The van der Waals surface area contributed by atoms with E-state index in [9.17, 15) is 4.79 Å². The zero-order valence-electron chi connectivity index (χ0n) is 16.8. The molecule has 0 heterocycles. The smallest absolute Gasteiger partial charge is 0.150 e. The Hall–Kier alpha value is -3.65. The summed E-state index contributed by atoms with van der Waals surface area (Å²) in [5.41, 5.74) is 4.04. The Morgan fingerprint density at radius 1 is 0.600 bits per heavy atom. The summed E-state index contributed by atoms with van der Waals surface area (Å²) in [7, 11) is 0. The number of ether oxygens (including phenoxy) is 1. The zero-order chi connectivity index (χ0) is 20.7. The lowest BCUT2D eigenvalue weighted by Crippen LogP contribution is -2.31. The molecular weight excluding hydrogens is 368 g/mol. The van der Waals surface area contributed by atoms with Gasteiger partial charge in [-0.2, -0.15) is 0 Å². The van der Waals surface area contributed by atoms with Gasteiger partial charge in [0.1, 0.15) is 12.0 Å². The molecule has 0 N–H and O–H groups in total. The highest BCUT2D eigenvalue weighted by Crippen LogP contribution is 2.42. The van der Waals surface area contributed by atoms with Crippen molar-refractivity contribution in [2.75, 3.05) is 6.61 Å². The maximum Gasteiger partial charge on any atom is 0.150 e. The molecule has 0 radical (unpaired) electrons. The molecular formula is C28H24O2. The highest BCUT2D eigenvalue weighted by Gasteiger charge is 2.36. The first-order valence-corrected chi connectivity index (χ1v) is 10.2. The molecule has 2 nitrogen and oxygen atoms in total. The third kappa shape index (κ3) is 4.04. The van der Waals surface area contributed by atoms with Crippen molar-refractivity contribution < 1.29 is 9.53 Å². The van der Waals surface area contributed by atoms with Gasteiger partial charge in [-0.3, -0.25) is 4.79 Å². The lowest BCUT2D eigenvalue weighted by molar-refractivity contribution is 0.112. The van der Waals surface area contributed by atoms with Gasteiger partial charge in [-0.05, 0) is 47.4 Å². The van der Waals surface area contributed by atoms with E-state index in [-0.39, 0.29) is 5.41 Å².